The van der Waals surface area contributed by atoms with Gasteiger partial charge in [0.1, 0.15) is 11.6 Å². The summed E-state index contributed by atoms with van der Waals surface area (Å²) in [6.45, 7) is 3.81. The number of para-hydroxylation sites is 1. The number of hydrogen-bond acceptors (Lipinski definition) is 4. The Morgan fingerprint density at radius 3 is 2.42 bits per heavy atom. The van der Waals surface area contributed by atoms with Crippen molar-refractivity contribution in [2.75, 3.05) is 7.11 Å². The number of ether oxygens (including phenoxy) is 2. The number of carbonyl (C=O) groups is 1. The van der Waals surface area contributed by atoms with Gasteiger partial charge in [-0.2, -0.15) is 5.26 Å². The van der Waals surface area contributed by atoms with Crippen molar-refractivity contribution < 1.29 is 14.3 Å². The summed E-state index contributed by atoms with van der Waals surface area (Å²) in [6, 6.07) is 16.1. The number of benzene rings is 2. The topological polar surface area (TPSA) is 59.3 Å². The Morgan fingerprint density at radius 2 is 1.83 bits per heavy atom. The van der Waals surface area contributed by atoms with Crippen LogP contribution >= 0.6 is 0 Å². The molecule has 4 nitrogen and oxygen atoms in total. The van der Waals surface area contributed by atoms with Crippen LogP contribution in [0.4, 0.5) is 0 Å². The van der Waals surface area contributed by atoms with Gasteiger partial charge in [0.25, 0.3) is 0 Å². The highest BCUT2D eigenvalue weighted by Gasteiger charge is 2.15. The second kappa shape index (κ2) is 7.98. The van der Waals surface area contributed by atoms with Crippen LogP contribution in [0.3, 0.4) is 0 Å². The zero-order valence-electron chi connectivity index (χ0n) is 13.9. The molecule has 0 aliphatic heterocycles. The molecule has 2 rings (SSSR count). The molecule has 0 saturated carbocycles. The van der Waals surface area contributed by atoms with Gasteiger partial charge in [-0.1, -0.05) is 42.5 Å². The van der Waals surface area contributed by atoms with Crippen LogP contribution in [0, 0.1) is 11.3 Å². The predicted molar refractivity (Wildman–Crippen MR) is 93.1 cm³/mol. The fourth-order valence-corrected chi connectivity index (χ4v) is 2.22. The number of methoxy groups -OCH3 is 1. The molecule has 122 valence electrons. The van der Waals surface area contributed by atoms with Crippen LogP contribution < -0.4 is 9.47 Å². The summed E-state index contributed by atoms with van der Waals surface area (Å²) >= 11 is 0. The lowest BCUT2D eigenvalue weighted by Crippen LogP contribution is -2.08. The molecule has 24 heavy (non-hydrogen) atoms. The fourth-order valence-electron chi connectivity index (χ4n) is 2.22. The van der Waals surface area contributed by atoms with Crippen molar-refractivity contribution in [1.82, 2.24) is 0 Å². The molecule has 0 heterocycles. The third-order valence-corrected chi connectivity index (χ3v) is 3.28. The number of nitrogens with zero attached hydrogens (tertiary/aromatic N) is 1. The summed E-state index contributed by atoms with van der Waals surface area (Å²) < 4.78 is 11.1. The number of rotatable bonds is 6. The first kappa shape index (κ1) is 17.3. The summed E-state index contributed by atoms with van der Waals surface area (Å²) in [5, 5.41) is 9.41. The summed E-state index contributed by atoms with van der Waals surface area (Å²) in [6.07, 6.45) is 1.47. The lowest BCUT2D eigenvalue weighted by Gasteiger charge is -2.16. The van der Waals surface area contributed by atoms with Crippen molar-refractivity contribution in [1.29, 1.82) is 5.26 Å². The lowest BCUT2D eigenvalue weighted by atomic mass is 10.0. The molecule has 0 unspecified atom stereocenters. The van der Waals surface area contributed by atoms with Gasteiger partial charge in [0.15, 0.2) is 11.5 Å². The van der Waals surface area contributed by atoms with E-state index in [-0.39, 0.29) is 17.5 Å². The van der Waals surface area contributed by atoms with E-state index in [0.717, 1.165) is 0 Å². The van der Waals surface area contributed by atoms with Gasteiger partial charge in [0, 0.05) is 11.1 Å². The zero-order chi connectivity index (χ0) is 17.5. The molecule has 0 aliphatic carbocycles. The van der Waals surface area contributed by atoms with Crippen molar-refractivity contribution in [3.8, 4) is 17.6 Å². The van der Waals surface area contributed by atoms with E-state index in [9.17, 15) is 10.1 Å². The zero-order valence-corrected chi connectivity index (χ0v) is 13.9. The molecule has 4 heteroatoms. The molecule has 0 fully saturated rings. The summed E-state index contributed by atoms with van der Waals surface area (Å²) in [5.41, 5.74) is 1.14. The lowest BCUT2D eigenvalue weighted by molar-refractivity contribution is 0.104. The first-order valence-corrected chi connectivity index (χ1v) is 7.62. The Balaban J connectivity index is 2.48. The van der Waals surface area contributed by atoms with Gasteiger partial charge in [-0.25, -0.2) is 0 Å². The second-order valence-corrected chi connectivity index (χ2v) is 5.41. The number of Topliss-reactive ketones (excluding diaryl/α,β-unsaturated/α-hetero) is 1. The molecular weight excluding hydrogens is 302 g/mol. The van der Waals surface area contributed by atoms with Crippen molar-refractivity contribution in [2.45, 2.75) is 20.0 Å². The van der Waals surface area contributed by atoms with Crippen LogP contribution in [0.5, 0.6) is 11.5 Å². The summed E-state index contributed by atoms with van der Waals surface area (Å²) in [5.74, 6) is 0.752. The fraction of sp³-hybridized carbons (Fsp3) is 0.200. The Morgan fingerprint density at radius 1 is 1.12 bits per heavy atom. The van der Waals surface area contributed by atoms with Gasteiger partial charge in [-0.15, -0.1) is 0 Å². The van der Waals surface area contributed by atoms with Gasteiger partial charge in [-0.3, -0.25) is 4.79 Å². The molecule has 0 N–H and O–H groups in total. The van der Waals surface area contributed by atoms with Crippen LogP contribution in [-0.2, 0) is 0 Å². The maximum Gasteiger partial charge on any atom is 0.203 e. The summed E-state index contributed by atoms with van der Waals surface area (Å²) in [7, 11) is 1.55. The average molecular weight is 321 g/mol. The van der Waals surface area contributed by atoms with E-state index in [0.29, 0.717) is 22.6 Å². The van der Waals surface area contributed by atoms with E-state index in [2.05, 4.69) is 0 Å². The van der Waals surface area contributed by atoms with Crippen molar-refractivity contribution in [3.05, 3.63) is 65.2 Å². The monoisotopic (exact) mass is 321 g/mol. The van der Waals surface area contributed by atoms with E-state index < -0.39 is 0 Å². The summed E-state index contributed by atoms with van der Waals surface area (Å²) in [4.78, 5) is 12.5. The van der Waals surface area contributed by atoms with Crippen molar-refractivity contribution in [3.63, 3.8) is 0 Å². The van der Waals surface area contributed by atoms with E-state index >= 15 is 0 Å². The predicted octanol–water partition coefficient (Wildman–Crippen LogP) is 4.27. The van der Waals surface area contributed by atoms with Crippen LogP contribution in [-0.4, -0.2) is 19.0 Å². The third kappa shape index (κ3) is 4.02. The molecule has 2 aromatic carbocycles. The van der Waals surface area contributed by atoms with Crippen molar-refractivity contribution >= 4 is 11.9 Å². The van der Waals surface area contributed by atoms with E-state index in [1.807, 2.05) is 26.0 Å². The van der Waals surface area contributed by atoms with Crippen LogP contribution in [0.2, 0.25) is 0 Å². The Labute approximate surface area is 141 Å². The van der Waals surface area contributed by atoms with E-state index in [1.165, 1.54) is 6.08 Å². The van der Waals surface area contributed by atoms with Gasteiger partial charge in [0.2, 0.25) is 5.78 Å². The smallest absolute Gasteiger partial charge is 0.203 e. The maximum absolute atomic E-state index is 12.5. The molecule has 0 aliphatic rings. The second-order valence-electron chi connectivity index (χ2n) is 5.41. The molecule has 0 atom stereocenters. The highest BCUT2D eigenvalue weighted by atomic mass is 16.5. The molecule has 0 amide bonds. The Bertz CT molecular complexity index is 786. The molecule has 0 aromatic heterocycles. The van der Waals surface area contributed by atoms with Crippen LogP contribution in [0.1, 0.15) is 29.8 Å². The molecular formula is C20H19NO3. The molecule has 0 saturated heterocycles. The molecule has 0 spiro atoms. The minimum Gasteiger partial charge on any atom is -0.493 e. The highest BCUT2D eigenvalue weighted by Crippen LogP contribution is 2.33. The van der Waals surface area contributed by atoms with Crippen molar-refractivity contribution in [2.24, 2.45) is 0 Å². The maximum atomic E-state index is 12.5. The SMILES string of the molecule is COc1cccc(/C=C(\C#N)C(=O)c2ccccc2)c1OC(C)C. The first-order valence-electron chi connectivity index (χ1n) is 7.62. The van der Waals surface area contributed by atoms with Gasteiger partial charge in [0.05, 0.1) is 13.2 Å². The van der Waals surface area contributed by atoms with Crippen LogP contribution in [0.25, 0.3) is 6.08 Å². The minimum atomic E-state index is -0.323. The standard InChI is InChI=1S/C20H19NO3/c1-14(2)24-20-16(10-7-11-18(20)23-3)12-17(13-21)19(22)15-8-5-4-6-9-15/h4-12,14H,1-3H3/b17-12+. The van der Waals surface area contributed by atoms with Gasteiger partial charge >= 0.3 is 0 Å². The largest absolute Gasteiger partial charge is 0.493 e. The minimum absolute atomic E-state index is 0.0445. The number of allylic oxidation sites excluding steroid dienone is 1. The van der Waals surface area contributed by atoms with E-state index in [1.54, 1.807) is 49.6 Å². The van der Waals surface area contributed by atoms with Gasteiger partial charge < -0.3 is 9.47 Å². The normalized spacial score (nSPS) is 11.0. The first-order chi connectivity index (χ1) is 11.6. The highest BCUT2D eigenvalue weighted by molar-refractivity contribution is 6.14. The Kier molecular flexibility index (Phi) is 5.75. The average Bonchev–Trinajstić information content (AvgIpc) is 2.60. The Hall–Kier alpha value is -3.06. The van der Waals surface area contributed by atoms with Gasteiger partial charge in [-0.05, 0) is 26.0 Å². The van der Waals surface area contributed by atoms with Crippen LogP contribution in [0.15, 0.2) is 54.1 Å². The number of nitriles is 1. The molecule has 0 bridgehead atoms. The quantitative estimate of drug-likeness (QED) is 0.453. The number of carbonyl (C=O) groups excluding carboxylic acids is 1. The molecule has 2 aromatic rings. The third-order valence-electron chi connectivity index (χ3n) is 3.28. The molecule has 0 radical (unpaired) electrons. The van der Waals surface area contributed by atoms with E-state index in [4.69, 9.17) is 9.47 Å². The number of ketones is 1. The number of hydrogen-bond donors (Lipinski definition) is 0.